The molecular weight excluding hydrogens is 347 g/mol. The first-order valence-electron chi connectivity index (χ1n) is 7.00. The molecule has 22 heavy (non-hydrogen) atoms. The Labute approximate surface area is 138 Å². The lowest BCUT2D eigenvalue weighted by molar-refractivity contribution is 0.0950. The van der Waals surface area contributed by atoms with Crippen LogP contribution in [0.2, 0.25) is 0 Å². The molecule has 0 saturated carbocycles. The van der Waals surface area contributed by atoms with E-state index in [1.165, 1.54) is 18.2 Å². The minimum absolute atomic E-state index is 0.110. The van der Waals surface area contributed by atoms with Crippen LogP contribution in [0.3, 0.4) is 0 Å². The van der Waals surface area contributed by atoms with Crippen LogP contribution in [0.25, 0.3) is 0 Å². The van der Waals surface area contributed by atoms with Gasteiger partial charge in [0.15, 0.2) is 0 Å². The Balaban J connectivity index is 1.97. The van der Waals surface area contributed by atoms with Crippen LogP contribution in [0.1, 0.15) is 17.3 Å². The summed E-state index contributed by atoms with van der Waals surface area (Å²) in [7, 11) is 1.98. The van der Waals surface area contributed by atoms with Crippen molar-refractivity contribution in [1.29, 1.82) is 0 Å². The molecule has 116 valence electrons. The van der Waals surface area contributed by atoms with Gasteiger partial charge in [0.1, 0.15) is 5.82 Å². The second-order valence-electron chi connectivity index (χ2n) is 5.13. The van der Waals surface area contributed by atoms with E-state index >= 15 is 0 Å². The van der Waals surface area contributed by atoms with Crippen LogP contribution in [0.15, 0.2) is 53.0 Å². The SMILES string of the molecule is CC(CNC(=O)c1cc(F)ccc1Br)N(C)c1ccccc1. The molecule has 5 heteroatoms. The standard InChI is InChI=1S/C17H18BrFN2O/c1-12(21(2)14-6-4-3-5-7-14)11-20-17(22)15-10-13(19)8-9-16(15)18/h3-10,12H,11H2,1-2H3,(H,20,22). The molecular formula is C17H18BrFN2O. The second kappa shape index (κ2) is 7.40. The molecule has 0 spiro atoms. The number of carbonyl (C=O) groups excluding carboxylic acids is 1. The number of para-hydroxylation sites is 1. The maximum absolute atomic E-state index is 13.2. The van der Waals surface area contributed by atoms with E-state index in [2.05, 4.69) is 26.1 Å². The molecule has 0 aliphatic heterocycles. The van der Waals surface area contributed by atoms with E-state index in [1.807, 2.05) is 44.3 Å². The number of hydrogen-bond acceptors (Lipinski definition) is 2. The third-order valence-electron chi connectivity index (χ3n) is 3.56. The topological polar surface area (TPSA) is 32.3 Å². The summed E-state index contributed by atoms with van der Waals surface area (Å²) in [6.45, 7) is 2.49. The Morgan fingerprint density at radius 2 is 1.95 bits per heavy atom. The van der Waals surface area contributed by atoms with Gasteiger partial charge >= 0.3 is 0 Å². The van der Waals surface area contributed by atoms with Gasteiger partial charge in [-0.15, -0.1) is 0 Å². The average Bonchev–Trinajstić information content (AvgIpc) is 2.54. The number of likely N-dealkylation sites (N-methyl/N-ethyl adjacent to an activating group) is 1. The molecule has 0 fully saturated rings. The van der Waals surface area contributed by atoms with Crippen molar-refractivity contribution in [2.75, 3.05) is 18.5 Å². The van der Waals surface area contributed by atoms with Crippen LogP contribution < -0.4 is 10.2 Å². The first-order chi connectivity index (χ1) is 10.5. The zero-order chi connectivity index (χ0) is 16.1. The quantitative estimate of drug-likeness (QED) is 0.873. The highest BCUT2D eigenvalue weighted by Crippen LogP contribution is 2.18. The summed E-state index contributed by atoms with van der Waals surface area (Å²) in [4.78, 5) is 14.2. The van der Waals surface area contributed by atoms with Gasteiger partial charge in [-0.1, -0.05) is 18.2 Å². The van der Waals surface area contributed by atoms with Gasteiger partial charge in [-0.3, -0.25) is 4.79 Å². The maximum atomic E-state index is 13.2. The number of benzene rings is 2. The van der Waals surface area contributed by atoms with Crippen LogP contribution in [0.4, 0.5) is 10.1 Å². The smallest absolute Gasteiger partial charge is 0.252 e. The number of amides is 1. The van der Waals surface area contributed by atoms with Gasteiger partial charge in [0, 0.05) is 29.8 Å². The summed E-state index contributed by atoms with van der Waals surface area (Å²) >= 11 is 3.27. The Morgan fingerprint density at radius 1 is 1.27 bits per heavy atom. The molecule has 3 nitrogen and oxygen atoms in total. The first-order valence-corrected chi connectivity index (χ1v) is 7.79. The molecule has 0 radical (unpaired) electrons. The summed E-state index contributed by atoms with van der Waals surface area (Å²) in [5, 5.41) is 2.84. The lowest BCUT2D eigenvalue weighted by atomic mass is 10.2. The number of nitrogens with one attached hydrogen (secondary N) is 1. The second-order valence-corrected chi connectivity index (χ2v) is 5.98. The minimum Gasteiger partial charge on any atom is -0.370 e. The monoisotopic (exact) mass is 364 g/mol. The lowest BCUT2D eigenvalue weighted by Crippen LogP contribution is -2.40. The lowest BCUT2D eigenvalue weighted by Gasteiger charge is -2.27. The average molecular weight is 365 g/mol. The fraction of sp³-hybridized carbons (Fsp3) is 0.235. The van der Waals surface area contributed by atoms with Crippen molar-refractivity contribution in [2.45, 2.75) is 13.0 Å². The third-order valence-corrected chi connectivity index (χ3v) is 4.25. The third kappa shape index (κ3) is 4.07. The molecule has 0 aliphatic rings. The van der Waals surface area contributed by atoms with Crippen molar-refractivity contribution in [3.63, 3.8) is 0 Å². The fourth-order valence-electron chi connectivity index (χ4n) is 2.06. The Kier molecular flexibility index (Phi) is 5.55. The highest BCUT2D eigenvalue weighted by atomic mass is 79.9. The summed E-state index contributed by atoms with van der Waals surface area (Å²) < 4.78 is 13.8. The fourth-order valence-corrected chi connectivity index (χ4v) is 2.49. The van der Waals surface area contributed by atoms with Crippen molar-refractivity contribution >= 4 is 27.5 Å². The van der Waals surface area contributed by atoms with E-state index in [4.69, 9.17) is 0 Å². The van der Waals surface area contributed by atoms with E-state index in [0.29, 0.717) is 16.6 Å². The van der Waals surface area contributed by atoms with E-state index in [0.717, 1.165) is 5.69 Å². The minimum atomic E-state index is -0.428. The highest BCUT2D eigenvalue weighted by molar-refractivity contribution is 9.10. The zero-order valence-electron chi connectivity index (χ0n) is 12.5. The number of halogens is 2. The van der Waals surface area contributed by atoms with Crippen LogP contribution in [-0.4, -0.2) is 25.5 Å². The van der Waals surface area contributed by atoms with Crippen molar-refractivity contribution in [3.05, 3.63) is 64.4 Å². The van der Waals surface area contributed by atoms with Gasteiger partial charge in [0.25, 0.3) is 5.91 Å². The molecule has 2 aromatic rings. The van der Waals surface area contributed by atoms with Crippen LogP contribution in [-0.2, 0) is 0 Å². The Bertz CT molecular complexity index is 648. The summed E-state index contributed by atoms with van der Waals surface area (Å²) in [6, 6.07) is 14.1. The summed E-state index contributed by atoms with van der Waals surface area (Å²) in [6.07, 6.45) is 0. The molecule has 1 N–H and O–H groups in total. The van der Waals surface area contributed by atoms with Crippen molar-refractivity contribution in [3.8, 4) is 0 Å². The molecule has 1 unspecified atom stereocenters. The molecule has 0 heterocycles. The van der Waals surface area contributed by atoms with Crippen molar-refractivity contribution < 1.29 is 9.18 Å². The molecule has 0 saturated heterocycles. The predicted molar refractivity (Wildman–Crippen MR) is 90.7 cm³/mol. The Morgan fingerprint density at radius 3 is 2.64 bits per heavy atom. The maximum Gasteiger partial charge on any atom is 0.252 e. The summed E-state index contributed by atoms with van der Waals surface area (Å²) in [5.41, 5.74) is 1.38. The molecule has 0 aliphatic carbocycles. The predicted octanol–water partition coefficient (Wildman–Crippen LogP) is 3.84. The Hall–Kier alpha value is -1.88. The highest BCUT2D eigenvalue weighted by Gasteiger charge is 2.14. The van der Waals surface area contributed by atoms with Gasteiger partial charge in [-0.05, 0) is 53.2 Å². The van der Waals surface area contributed by atoms with E-state index in [-0.39, 0.29) is 11.9 Å². The number of carbonyl (C=O) groups is 1. The first kappa shape index (κ1) is 16.5. The van der Waals surface area contributed by atoms with Crippen LogP contribution in [0.5, 0.6) is 0 Å². The molecule has 0 aromatic heterocycles. The van der Waals surface area contributed by atoms with Crippen molar-refractivity contribution in [1.82, 2.24) is 5.32 Å². The van der Waals surface area contributed by atoms with Gasteiger partial charge in [0.05, 0.1) is 5.56 Å². The van der Waals surface area contributed by atoms with Gasteiger partial charge in [-0.2, -0.15) is 0 Å². The van der Waals surface area contributed by atoms with Crippen molar-refractivity contribution in [2.24, 2.45) is 0 Å². The van der Waals surface area contributed by atoms with Crippen LogP contribution in [0, 0.1) is 5.82 Å². The molecule has 1 amide bonds. The number of anilines is 1. The summed E-state index contributed by atoms with van der Waals surface area (Å²) in [5.74, 6) is -0.720. The molecule has 0 bridgehead atoms. The largest absolute Gasteiger partial charge is 0.370 e. The molecule has 1 atom stereocenters. The molecule has 2 rings (SSSR count). The van der Waals surface area contributed by atoms with Gasteiger partial charge in [-0.25, -0.2) is 4.39 Å². The van der Waals surface area contributed by atoms with E-state index in [1.54, 1.807) is 0 Å². The van der Waals surface area contributed by atoms with Gasteiger partial charge < -0.3 is 10.2 Å². The number of nitrogens with zero attached hydrogens (tertiary/aromatic N) is 1. The molecule has 2 aromatic carbocycles. The van der Waals surface area contributed by atoms with E-state index < -0.39 is 5.82 Å². The zero-order valence-corrected chi connectivity index (χ0v) is 14.1. The number of hydrogen-bond donors (Lipinski definition) is 1. The number of rotatable bonds is 5. The normalized spacial score (nSPS) is 11.8. The van der Waals surface area contributed by atoms with E-state index in [9.17, 15) is 9.18 Å². The van der Waals surface area contributed by atoms with Gasteiger partial charge in [0.2, 0.25) is 0 Å². The van der Waals surface area contributed by atoms with Crippen LogP contribution >= 0.6 is 15.9 Å².